The molecule has 6 nitrogen and oxygen atoms in total. The number of hydrogen-bond acceptors (Lipinski definition) is 3. The van der Waals surface area contributed by atoms with Crippen LogP contribution in [-0.2, 0) is 9.59 Å². The quantitative estimate of drug-likeness (QED) is 0.335. The van der Waals surface area contributed by atoms with E-state index in [1.165, 1.54) is 11.1 Å². The molecule has 2 N–H and O–H groups in total. The Morgan fingerprint density at radius 1 is 1.00 bits per heavy atom. The lowest BCUT2D eigenvalue weighted by Gasteiger charge is -2.13. The van der Waals surface area contributed by atoms with Crippen LogP contribution in [0.5, 0.6) is 0 Å². The molecule has 0 radical (unpaired) electrons. The number of carbonyl (C=O) groups excluding carboxylic acids is 2. The monoisotopic (exact) mass is 466 g/mol. The molecule has 0 saturated heterocycles. The van der Waals surface area contributed by atoms with Crippen molar-refractivity contribution < 1.29 is 9.59 Å². The van der Waals surface area contributed by atoms with Crippen LogP contribution in [0.4, 0.5) is 5.69 Å². The summed E-state index contributed by atoms with van der Waals surface area (Å²) in [6, 6.07) is 15.3. The number of halogens is 1. The molecule has 0 fully saturated rings. The zero-order valence-electron chi connectivity index (χ0n) is 17.3. The van der Waals surface area contributed by atoms with Crippen LogP contribution in [0.15, 0.2) is 58.1 Å². The van der Waals surface area contributed by atoms with Crippen LogP contribution >= 0.6 is 15.9 Å². The van der Waals surface area contributed by atoms with Gasteiger partial charge in [-0.25, -0.2) is 5.43 Å². The molecule has 0 spiro atoms. The van der Waals surface area contributed by atoms with Crippen molar-refractivity contribution in [2.75, 3.05) is 5.32 Å². The Labute approximate surface area is 184 Å². The SMILES string of the molecule is Cc1ccc(-n2c(C)cc(/C=N\NC(=O)C(=O)Nc3cccc(Br)c3)c2C)c(C)c1. The van der Waals surface area contributed by atoms with E-state index in [2.05, 4.69) is 68.4 Å². The summed E-state index contributed by atoms with van der Waals surface area (Å²) in [5, 5.41) is 6.49. The summed E-state index contributed by atoms with van der Waals surface area (Å²) < 4.78 is 2.95. The van der Waals surface area contributed by atoms with Gasteiger partial charge >= 0.3 is 11.8 Å². The first-order valence-electron chi connectivity index (χ1n) is 9.43. The number of aromatic nitrogens is 1. The van der Waals surface area contributed by atoms with Crippen molar-refractivity contribution in [2.45, 2.75) is 27.7 Å². The van der Waals surface area contributed by atoms with Gasteiger partial charge in [-0.2, -0.15) is 5.10 Å². The predicted octanol–water partition coefficient (Wildman–Crippen LogP) is 4.56. The van der Waals surface area contributed by atoms with Crippen molar-refractivity contribution in [3.63, 3.8) is 0 Å². The normalized spacial score (nSPS) is 11.0. The highest BCUT2D eigenvalue weighted by atomic mass is 79.9. The second kappa shape index (κ2) is 9.09. The van der Waals surface area contributed by atoms with Crippen molar-refractivity contribution in [1.29, 1.82) is 0 Å². The topological polar surface area (TPSA) is 75.5 Å². The van der Waals surface area contributed by atoms with Crippen LogP contribution < -0.4 is 10.7 Å². The first-order valence-corrected chi connectivity index (χ1v) is 10.2. The summed E-state index contributed by atoms with van der Waals surface area (Å²) >= 11 is 3.32. The van der Waals surface area contributed by atoms with Gasteiger partial charge < -0.3 is 9.88 Å². The molecule has 3 rings (SSSR count). The van der Waals surface area contributed by atoms with Gasteiger partial charge in [0.15, 0.2) is 0 Å². The second-order valence-electron chi connectivity index (χ2n) is 7.12. The number of hydrazone groups is 1. The summed E-state index contributed by atoms with van der Waals surface area (Å²) in [5.41, 5.74) is 9.20. The largest absolute Gasteiger partial charge is 0.329 e. The number of nitrogens with one attached hydrogen (secondary N) is 2. The van der Waals surface area contributed by atoms with Crippen LogP contribution in [0.2, 0.25) is 0 Å². The smallest absolute Gasteiger partial charge is 0.318 e. The highest BCUT2D eigenvalue weighted by Gasteiger charge is 2.14. The maximum atomic E-state index is 12.0. The Bertz CT molecular complexity index is 1150. The van der Waals surface area contributed by atoms with Gasteiger partial charge in [0.25, 0.3) is 0 Å². The number of benzene rings is 2. The summed E-state index contributed by atoms with van der Waals surface area (Å²) in [6.07, 6.45) is 1.55. The molecule has 154 valence electrons. The third-order valence-corrected chi connectivity index (χ3v) is 5.22. The van der Waals surface area contributed by atoms with Crippen LogP contribution in [-0.4, -0.2) is 22.6 Å². The van der Waals surface area contributed by atoms with Gasteiger partial charge in [-0.05, 0) is 63.6 Å². The minimum atomic E-state index is -0.839. The molecule has 0 atom stereocenters. The molecule has 0 aliphatic carbocycles. The van der Waals surface area contributed by atoms with Gasteiger partial charge in [0.1, 0.15) is 0 Å². The first-order chi connectivity index (χ1) is 14.3. The Morgan fingerprint density at radius 2 is 1.77 bits per heavy atom. The van der Waals surface area contributed by atoms with Crippen LogP contribution in [0.1, 0.15) is 28.1 Å². The van der Waals surface area contributed by atoms with Crippen molar-refractivity contribution in [2.24, 2.45) is 5.10 Å². The third kappa shape index (κ3) is 4.86. The zero-order valence-corrected chi connectivity index (χ0v) is 18.9. The molecule has 7 heteroatoms. The highest BCUT2D eigenvalue weighted by molar-refractivity contribution is 9.10. The van der Waals surface area contributed by atoms with Gasteiger partial charge in [0.05, 0.1) is 6.21 Å². The van der Waals surface area contributed by atoms with Crippen molar-refractivity contribution in [3.05, 3.63) is 81.1 Å². The lowest BCUT2D eigenvalue weighted by molar-refractivity contribution is -0.136. The van der Waals surface area contributed by atoms with Gasteiger partial charge in [-0.1, -0.05) is 39.7 Å². The van der Waals surface area contributed by atoms with E-state index in [-0.39, 0.29) is 0 Å². The van der Waals surface area contributed by atoms with E-state index in [9.17, 15) is 9.59 Å². The van der Waals surface area contributed by atoms with Crippen molar-refractivity contribution >= 4 is 39.6 Å². The molecular formula is C23H23BrN4O2. The molecule has 0 aliphatic rings. The number of hydrogen-bond donors (Lipinski definition) is 2. The molecule has 2 amide bonds. The Morgan fingerprint density at radius 3 is 2.47 bits per heavy atom. The number of rotatable bonds is 4. The summed E-state index contributed by atoms with van der Waals surface area (Å²) in [6.45, 7) is 8.17. The fourth-order valence-corrected chi connectivity index (χ4v) is 3.71. The van der Waals surface area contributed by atoms with Crippen molar-refractivity contribution in [3.8, 4) is 5.69 Å². The number of anilines is 1. The summed E-state index contributed by atoms with van der Waals surface area (Å²) in [4.78, 5) is 24.0. The summed E-state index contributed by atoms with van der Waals surface area (Å²) in [7, 11) is 0. The highest BCUT2D eigenvalue weighted by Crippen LogP contribution is 2.23. The Kier molecular flexibility index (Phi) is 6.52. The maximum absolute atomic E-state index is 12.0. The lowest BCUT2D eigenvalue weighted by Crippen LogP contribution is -2.32. The minimum Gasteiger partial charge on any atom is -0.318 e. The first kappa shape index (κ1) is 21.5. The van der Waals surface area contributed by atoms with Crippen LogP contribution in [0.25, 0.3) is 5.69 Å². The van der Waals surface area contributed by atoms with E-state index in [0.29, 0.717) is 5.69 Å². The van der Waals surface area contributed by atoms with Crippen molar-refractivity contribution in [1.82, 2.24) is 9.99 Å². The average Bonchev–Trinajstić information content (AvgIpc) is 2.95. The fourth-order valence-electron chi connectivity index (χ4n) is 3.31. The van der Waals surface area contributed by atoms with E-state index in [1.807, 2.05) is 26.0 Å². The minimum absolute atomic E-state index is 0.519. The number of carbonyl (C=O) groups is 2. The molecule has 0 aliphatic heterocycles. The molecule has 1 aromatic heterocycles. The lowest BCUT2D eigenvalue weighted by atomic mass is 10.1. The number of amides is 2. The van der Waals surface area contributed by atoms with Crippen LogP contribution in [0.3, 0.4) is 0 Å². The van der Waals surface area contributed by atoms with E-state index >= 15 is 0 Å². The van der Waals surface area contributed by atoms with Gasteiger partial charge in [-0.15, -0.1) is 0 Å². The summed E-state index contributed by atoms with van der Waals surface area (Å²) in [5.74, 6) is -1.62. The van der Waals surface area contributed by atoms with Gasteiger partial charge in [0, 0.05) is 32.8 Å². The van der Waals surface area contributed by atoms with E-state index in [1.54, 1.807) is 24.4 Å². The maximum Gasteiger partial charge on any atom is 0.329 e. The predicted molar refractivity (Wildman–Crippen MR) is 123 cm³/mol. The second-order valence-corrected chi connectivity index (χ2v) is 8.03. The molecular weight excluding hydrogens is 444 g/mol. The van der Waals surface area contributed by atoms with Gasteiger partial charge in [-0.3, -0.25) is 9.59 Å². The zero-order chi connectivity index (χ0) is 21.8. The third-order valence-electron chi connectivity index (χ3n) is 4.72. The van der Waals surface area contributed by atoms with Gasteiger partial charge in [0.2, 0.25) is 0 Å². The standard InChI is InChI=1S/C23H23BrN4O2/c1-14-8-9-21(15(2)10-14)28-16(3)11-18(17(28)4)13-25-27-23(30)22(29)26-20-7-5-6-19(24)12-20/h5-13H,1-4H3,(H,26,29)(H,27,30)/b25-13-. The Hall–Kier alpha value is -3.19. The Balaban J connectivity index is 1.70. The van der Waals surface area contributed by atoms with E-state index in [0.717, 1.165) is 27.1 Å². The molecule has 0 unspecified atom stereocenters. The molecule has 1 heterocycles. The fraction of sp³-hybridized carbons (Fsp3) is 0.174. The molecule has 30 heavy (non-hydrogen) atoms. The number of nitrogens with zero attached hydrogens (tertiary/aromatic N) is 2. The molecule has 2 aromatic carbocycles. The molecule has 0 bridgehead atoms. The average molecular weight is 467 g/mol. The van der Waals surface area contributed by atoms with Crippen LogP contribution in [0, 0.1) is 27.7 Å². The number of aryl methyl sites for hydroxylation is 3. The molecule has 0 saturated carbocycles. The molecule has 3 aromatic rings. The van der Waals surface area contributed by atoms with E-state index < -0.39 is 11.8 Å². The van der Waals surface area contributed by atoms with E-state index in [4.69, 9.17) is 0 Å².